The van der Waals surface area contributed by atoms with E-state index in [0.717, 1.165) is 12.8 Å². The van der Waals surface area contributed by atoms with Crippen molar-refractivity contribution in [2.45, 2.75) is 44.6 Å². The lowest BCUT2D eigenvalue weighted by atomic mass is 9.93. The van der Waals surface area contributed by atoms with Crippen LogP contribution in [0.3, 0.4) is 0 Å². The fourth-order valence-corrected chi connectivity index (χ4v) is 4.28. The monoisotopic (exact) mass is 376 g/mol. The van der Waals surface area contributed by atoms with Crippen molar-refractivity contribution in [3.63, 3.8) is 0 Å². The Kier molecular flexibility index (Phi) is 7.99. The van der Waals surface area contributed by atoms with Gasteiger partial charge in [0.15, 0.2) is 0 Å². The quantitative estimate of drug-likeness (QED) is 0.828. The molecule has 2 unspecified atom stereocenters. The van der Waals surface area contributed by atoms with Gasteiger partial charge in [-0.05, 0) is 55.9 Å². The van der Waals surface area contributed by atoms with Gasteiger partial charge in [0.2, 0.25) is 10.0 Å². The first-order valence-corrected chi connectivity index (χ1v) is 9.73. The summed E-state index contributed by atoms with van der Waals surface area (Å²) in [7, 11) is -3.45. The molecule has 0 spiro atoms. The topological polar surface area (TPSA) is 72.6 Å². The number of rotatable bonds is 6. The van der Waals surface area contributed by atoms with Crippen molar-refractivity contribution in [2.75, 3.05) is 19.7 Å². The van der Waals surface area contributed by atoms with E-state index < -0.39 is 10.0 Å². The molecule has 0 aromatic heterocycles. The van der Waals surface area contributed by atoms with Gasteiger partial charge in [-0.1, -0.05) is 13.8 Å². The minimum absolute atomic E-state index is 0. The molecule has 2 atom stereocenters. The number of piperidine rings is 1. The van der Waals surface area contributed by atoms with Gasteiger partial charge in [0.05, 0.1) is 11.5 Å². The average molecular weight is 377 g/mol. The lowest BCUT2D eigenvalue weighted by molar-refractivity contribution is 0.243. The number of halogens is 1. The van der Waals surface area contributed by atoms with E-state index >= 15 is 0 Å². The molecule has 0 bridgehead atoms. The predicted molar refractivity (Wildman–Crippen MR) is 99.2 cm³/mol. The van der Waals surface area contributed by atoms with Crippen molar-refractivity contribution < 1.29 is 13.2 Å². The maximum Gasteiger partial charge on any atom is 0.243 e. The molecule has 1 aliphatic rings. The first-order valence-electron chi connectivity index (χ1n) is 8.29. The molecule has 0 radical (unpaired) electrons. The van der Waals surface area contributed by atoms with Crippen LogP contribution >= 0.6 is 12.4 Å². The molecule has 7 heteroatoms. The van der Waals surface area contributed by atoms with Crippen molar-refractivity contribution >= 4 is 22.4 Å². The molecule has 1 aromatic rings. The number of ether oxygens (including phenoxy) is 1. The highest BCUT2D eigenvalue weighted by Gasteiger charge is 2.31. The molecule has 1 saturated heterocycles. The van der Waals surface area contributed by atoms with Crippen LogP contribution in [0.25, 0.3) is 0 Å². The van der Waals surface area contributed by atoms with Crippen LogP contribution in [-0.4, -0.2) is 38.5 Å². The Morgan fingerprint density at radius 2 is 1.88 bits per heavy atom. The maximum absolute atomic E-state index is 12.8. The van der Waals surface area contributed by atoms with E-state index in [1.54, 1.807) is 28.6 Å². The van der Waals surface area contributed by atoms with Crippen LogP contribution in [0.15, 0.2) is 29.2 Å². The summed E-state index contributed by atoms with van der Waals surface area (Å²) in [6, 6.07) is 6.71. The molecule has 0 saturated carbocycles. The minimum atomic E-state index is -3.45. The number of nitrogens with two attached hydrogens (primary N) is 1. The van der Waals surface area contributed by atoms with Gasteiger partial charge in [-0.3, -0.25) is 0 Å². The van der Waals surface area contributed by atoms with E-state index in [9.17, 15) is 8.42 Å². The summed E-state index contributed by atoms with van der Waals surface area (Å²) >= 11 is 0. The second kappa shape index (κ2) is 9.04. The van der Waals surface area contributed by atoms with E-state index in [1.807, 2.05) is 6.92 Å². The van der Waals surface area contributed by atoms with Crippen LogP contribution in [0.5, 0.6) is 5.75 Å². The Morgan fingerprint density at radius 3 is 2.42 bits per heavy atom. The fraction of sp³-hybridized carbons (Fsp3) is 0.647. The Labute approximate surface area is 152 Å². The van der Waals surface area contributed by atoms with Crippen LogP contribution in [-0.2, 0) is 10.0 Å². The van der Waals surface area contributed by atoms with Crippen LogP contribution in [0.2, 0.25) is 0 Å². The number of sulfonamides is 1. The second-order valence-corrected chi connectivity index (χ2v) is 8.74. The third-order valence-electron chi connectivity index (χ3n) is 4.21. The van der Waals surface area contributed by atoms with Crippen LogP contribution in [0, 0.1) is 11.8 Å². The van der Waals surface area contributed by atoms with E-state index in [-0.39, 0.29) is 24.4 Å². The molecule has 1 aromatic carbocycles. The molecule has 1 aliphatic heterocycles. The summed E-state index contributed by atoms with van der Waals surface area (Å²) in [6.07, 6.45) is 1.85. The first-order chi connectivity index (χ1) is 10.8. The van der Waals surface area contributed by atoms with Gasteiger partial charge >= 0.3 is 0 Å². The molecule has 0 amide bonds. The normalized spacial score (nSPS) is 20.5. The van der Waals surface area contributed by atoms with E-state index in [1.165, 1.54) is 0 Å². The van der Waals surface area contributed by atoms with Crippen molar-refractivity contribution in [2.24, 2.45) is 17.6 Å². The Hall–Kier alpha value is -0.820. The van der Waals surface area contributed by atoms with Crippen molar-refractivity contribution in [3.8, 4) is 5.75 Å². The van der Waals surface area contributed by atoms with Crippen molar-refractivity contribution in [1.82, 2.24) is 4.31 Å². The van der Waals surface area contributed by atoms with Crippen LogP contribution in [0.1, 0.15) is 33.6 Å². The summed E-state index contributed by atoms with van der Waals surface area (Å²) in [5, 5.41) is 0. The van der Waals surface area contributed by atoms with Gasteiger partial charge in [0, 0.05) is 19.1 Å². The van der Waals surface area contributed by atoms with Gasteiger partial charge in [-0.15, -0.1) is 12.4 Å². The molecular formula is C17H29ClN2O3S. The van der Waals surface area contributed by atoms with Crippen molar-refractivity contribution in [3.05, 3.63) is 24.3 Å². The number of hydrogen-bond acceptors (Lipinski definition) is 4. The summed E-state index contributed by atoms with van der Waals surface area (Å²) in [4.78, 5) is 0.319. The molecule has 24 heavy (non-hydrogen) atoms. The zero-order valence-corrected chi connectivity index (χ0v) is 16.3. The highest BCUT2D eigenvalue weighted by Crippen LogP contribution is 2.26. The van der Waals surface area contributed by atoms with Gasteiger partial charge in [-0.2, -0.15) is 4.31 Å². The summed E-state index contributed by atoms with van der Waals surface area (Å²) in [5.74, 6) is 1.36. The summed E-state index contributed by atoms with van der Waals surface area (Å²) in [6.45, 7) is 7.78. The van der Waals surface area contributed by atoms with Crippen LogP contribution < -0.4 is 10.5 Å². The lowest BCUT2D eigenvalue weighted by Gasteiger charge is -2.33. The molecule has 5 nitrogen and oxygen atoms in total. The Balaban J connectivity index is 0.00000288. The molecule has 0 aliphatic carbocycles. The SMILES string of the molecule is CC(C)COc1ccc(S(=O)(=O)N2CCCC(C(C)N)C2)cc1.Cl. The van der Waals surface area contributed by atoms with Gasteiger partial charge in [-0.25, -0.2) is 8.42 Å². The number of nitrogens with zero attached hydrogens (tertiary/aromatic N) is 1. The zero-order valence-electron chi connectivity index (χ0n) is 14.6. The molecule has 1 fully saturated rings. The maximum atomic E-state index is 12.8. The van der Waals surface area contributed by atoms with Gasteiger partial charge in [0.1, 0.15) is 5.75 Å². The fourth-order valence-electron chi connectivity index (χ4n) is 2.74. The summed E-state index contributed by atoms with van der Waals surface area (Å²) < 4.78 is 32.7. The number of hydrogen-bond donors (Lipinski definition) is 1. The van der Waals surface area contributed by atoms with E-state index in [2.05, 4.69) is 13.8 Å². The molecule has 138 valence electrons. The average Bonchev–Trinajstić information content (AvgIpc) is 2.53. The highest BCUT2D eigenvalue weighted by atomic mass is 35.5. The third-order valence-corrected chi connectivity index (χ3v) is 6.09. The molecular weight excluding hydrogens is 348 g/mol. The standard InChI is InChI=1S/C17H28N2O3S.ClH/c1-13(2)12-22-16-6-8-17(9-7-16)23(20,21)19-10-4-5-15(11-19)14(3)18;/h6-9,13-15H,4-5,10-12,18H2,1-3H3;1H. The Bertz CT molecular complexity index is 603. The third kappa shape index (κ3) is 5.34. The molecule has 2 N–H and O–H groups in total. The first kappa shape index (κ1) is 21.2. The smallest absolute Gasteiger partial charge is 0.243 e. The second-order valence-electron chi connectivity index (χ2n) is 6.80. The van der Waals surface area contributed by atoms with Gasteiger partial charge in [0.25, 0.3) is 0 Å². The largest absolute Gasteiger partial charge is 0.493 e. The van der Waals surface area contributed by atoms with E-state index in [4.69, 9.17) is 10.5 Å². The zero-order chi connectivity index (χ0) is 17.0. The van der Waals surface area contributed by atoms with Crippen LogP contribution in [0.4, 0.5) is 0 Å². The van der Waals surface area contributed by atoms with E-state index in [0.29, 0.717) is 36.3 Å². The lowest BCUT2D eigenvalue weighted by Crippen LogP contribution is -2.44. The highest BCUT2D eigenvalue weighted by molar-refractivity contribution is 7.89. The number of benzene rings is 1. The minimum Gasteiger partial charge on any atom is -0.493 e. The molecule has 1 heterocycles. The van der Waals surface area contributed by atoms with Crippen molar-refractivity contribution in [1.29, 1.82) is 0 Å². The molecule has 2 rings (SSSR count). The Morgan fingerprint density at radius 1 is 1.25 bits per heavy atom. The van der Waals surface area contributed by atoms with Gasteiger partial charge < -0.3 is 10.5 Å². The summed E-state index contributed by atoms with van der Waals surface area (Å²) in [5.41, 5.74) is 5.95. The predicted octanol–water partition coefficient (Wildman–Crippen LogP) is 2.89.